The van der Waals surface area contributed by atoms with Gasteiger partial charge in [0.2, 0.25) is 5.91 Å². The van der Waals surface area contributed by atoms with E-state index in [-0.39, 0.29) is 5.92 Å². The van der Waals surface area contributed by atoms with Gasteiger partial charge in [0.05, 0.1) is 0 Å². The van der Waals surface area contributed by atoms with Gasteiger partial charge >= 0.3 is 0 Å². The topological polar surface area (TPSA) is 26.8 Å². The molecule has 0 saturated carbocycles. The van der Waals surface area contributed by atoms with Crippen molar-refractivity contribution in [2.75, 3.05) is 46.3 Å². The number of hydrogen-bond donors (Lipinski definition) is 0. The lowest BCUT2D eigenvalue weighted by Gasteiger charge is -2.42. The van der Waals surface area contributed by atoms with E-state index in [0.29, 0.717) is 5.91 Å². The second-order valence-corrected chi connectivity index (χ2v) is 8.32. The van der Waals surface area contributed by atoms with Gasteiger partial charge in [-0.15, -0.1) is 0 Å². The van der Waals surface area contributed by atoms with Crippen LogP contribution in [0.4, 0.5) is 0 Å². The Morgan fingerprint density at radius 1 is 1.04 bits per heavy atom. The summed E-state index contributed by atoms with van der Waals surface area (Å²) in [5.41, 5.74) is 1.46. The van der Waals surface area contributed by atoms with Crippen LogP contribution in [0.3, 0.4) is 0 Å². The van der Waals surface area contributed by atoms with Crippen LogP contribution < -0.4 is 0 Å². The molecule has 0 radical (unpaired) electrons. The SMILES string of the molecule is CCN(C)C(=O)C1CCN(C2CCN(CCCc3ccccc3)CC2)CC1. The van der Waals surface area contributed by atoms with E-state index in [1.54, 1.807) is 0 Å². The molecule has 2 saturated heterocycles. The minimum Gasteiger partial charge on any atom is -0.346 e. The summed E-state index contributed by atoms with van der Waals surface area (Å²) in [5.74, 6) is 0.606. The zero-order valence-electron chi connectivity index (χ0n) is 17.3. The molecule has 150 valence electrons. The third-order valence-electron chi connectivity index (χ3n) is 6.59. The molecule has 2 aliphatic rings. The van der Waals surface area contributed by atoms with Gasteiger partial charge in [-0.3, -0.25) is 4.79 Å². The van der Waals surface area contributed by atoms with E-state index in [1.165, 1.54) is 50.9 Å². The first-order valence-corrected chi connectivity index (χ1v) is 10.9. The Balaban J connectivity index is 1.33. The Bertz CT molecular complexity index is 560. The van der Waals surface area contributed by atoms with Crippen molar-refractivity contribution in [3.05, 3.63) is 35.9 Å². The van der Waals surface area contributed by atoms with Gasteiger partial charge < -0.3 is 14.7 Å². The van der Waals surface area contributed by atoms with E-state index < -0.39 is 0 Å². The molecule has 1 aromatic rings. The Hall–Kier alpha value is -1.39. The quantitative estimate of drug-likeness (QED) is 0.736. The van der Waals surface area contributed by atoms with E-state index >= 15 is 0 Å². The fourth-order valence-corrected chi connectivity index (χ4v) is 4.64. The monoisotopic (exact) mass is 371 g/mol. The first kappa shape index (κ1) is 20.3. The lowest BCUT2D eigenvalue weighted by Crippen LogP contribution is -2.49. The average molecular weight is 372 g/mol. The third-order valence-corrected chi connectivity index (χ3v) is 6.59. The largest absolute Gasteiger partial charge is 0.346 e. The maximum atomic E-state index is 12.4. The van der Waals surface area contributed by atoms with Crippen LogP contribution in [0.2, 0.25) is 0 Å². The first-order chi connectivity index (χ1) is 13.2. The van der Waals surface area contributed by atoms with Gasteiger partial charge in [0.1, 0.15) is 0 Å². The van der Waals surface area contributed by atoms with Crippen LogP contribution >= 0.6 is 0 Å². The summed E-state index contributed by atoms with van der Waals surface area (Å²) < 4.78 is 0. The standard InChI is InChI=1S/C23H37N3O/c1-3-24(2)23(27)21-11-18-26(19-12-21)22-13-16-25(17-14-22)15-7-10-20-8-5-4-6-9-20/h4-6,8-9,21-22H,3,7,10-19H2,1-2H3. The van der Waals surface area contributed by atoms with E-state index in [0.717, 1.165) is 38.5 Å². The summed E-state index contributed by atoms with van der Waals surface area (Å²) in [4.78, 5) is 19.6. The van der Waals surface area contributed by atoms with Gasteiger partial charge in [0.15, 0.2) is 0 Å². The molecule has 0 bridgehead atoms. The third kappa shape index (κ3) is 5.79. The highest BCUT2D eigenvalue weighted by atomic mass is 16.2. The van der Waals surface area contributed by atoms with Crippen molar-refractivity contribution in [3.8, 4) is 0 Å². The molecule has 0 N–H and O–H groups in total. The molecule has 0 atom stereocenters. The van der Waals surface area contributed by atoms with Gasteiger partial charge in [-0.1, -0.05) is 30.3 Å². The van der Waals surface area contributed by atoms with Crippen molar-refractivity contribution < 1.29 is 4.79 Å². The molecule has 0 aliphatic carbocycles. The summed E-state index contributed by atoms with van der Waals surface area (Å²) in [5, 5.41) is 0. The Labute approximate surface area is 165 Å². The highest BCUT2D eigenvalue weighted by Gasteiger charge is 2.31. The highest BCUT2D eigenvalue weighted by Crippen LogP contribution is 2.25. The van der Waals surface area contributed by atoms with Gasteiger partial charge in [0, 0.05) is 25.6 Å². The molecule has 0 unspecified atom stereocenters. The molecule has 2 heterocycles. The Kier molecular flexibility index (Phi) is 7.71. The second kappa shape index (κ2) is 10.2. The number of amides is 1. The molecule has 2 fully saturated rings. The van der Waals surface area contributed by atoms with Gasteiger partial charge in [-0.2, -0.15) is 0 Å². The molecule has 1 amide bonds. The van der Waals surface area contributed by atoms with Crippen molar-refractivity contribution >= 4 is 5.91 Å². The number of carbonyl (C=O) groups excluding carboxylic acids is 1. The van der Waals surface area contributed by atoms with Crippen LogP contribution in [-0.2, 0) is 11.2 Å². The van der Waals surface area contributed by atoms with Crippen LogP contribution in [0.1, 0.15) is 44.6 Å². The molecular weight excluding hydrogens is 334 g/mol. The summed E-state index contributed by atoms with van der Waals surface area (Å²) in [6.07, 6.45) is 7.11. The second-order valence-electron chi connectivity index (χ2n) is 8.32. The lowest BCUT2D eigenvalue weighted by atomic mass is 9.92. The number of nitrogens with zero attached hydrogens (tertiary/aromatic N) is 3. The summed E-state index contributed by atoms with van der Waals surface area (Å²) in [6.45, 7) is 8.77. The van der Waals surface area contributed by atoms with Crippen LogP contribution in [0.5, 0.6) is 0 Å². The van der Waals surface area contributed by atoms with Gasteiger partial charge in [0.25, 0.3) is 0 Å². The maximum Gasteiger partial charge on any atom is 0.225 e. The van der Waals surface area contributed by atoms with Gasteiger partial charge in [-0.25, -0.2) is 0 Å². The molecule has 27 heavy (non-hydrogen) atoms. The number of carbonyl (C=O) groups is 1. The molecule has 2 aliphatic heterocycles. The van der Waals surface area contributed by atoms with Crippen LogP contribution in [-0.4, -0.2) is 73.0 Å². The van der Waals surface area contributed by atoms with Crippen LogP contribution in [0, 0.1) is 5.92 Å². The predicted molar refractivity (Wildman–Crippen MR) is 112 cm³/mol. The highest BCUT2D eigenvalue weighted by molar-refractivity contribution is 5.78. The van der Waals surface area contributed by atoms with Gasteiger partial charge in [-0.05, 0) is 83.7 Å². The number of rotatable bonds is 7. The van der Waals surface area contributed by atoms with E-state index in [9.17, 15) is 4.79 Å². The number of piperidine rings is 2. The molecule has 1 aromatic carbocycles. The van der Waals surface area contributed by atoms with Crippen molar-refractivity contribution in [1.29, 1.82) is 0 Å². The average Bonchev–Trinajstić information content (AvgIpc) is 2.74. The zero-order chi connectivity index (χ0) is 19.1. The fourth-order valence-electron chi connectivity index (χ4n) is 4.64. The fraction of sp³-hybridized carbons (Fsp3) is 0.696. The van der Waals surface area contributed by atoms with Crippen LogP contribution in [0.15, 0.2) is 30.3 Å². The molecule has 0 spiro atoms. The number of benzene rings is 1. The first-order valence-electron chi connectivity index (χ1n) is 10.9. The number of aryl methyl sites for hydroxylation is 1. The summed E-state index contributed by atoms with van der Waals surface area (Å²) >= 11 is 0. The minimum absolute atomic E-state index is 0.254. The molecule has 4 nitrogen and oxygen atoms in total. The van der Waals surface area contributed by atoms with Crippen molar-refractivity contribution in [2.24, 2.45) is 5.92 Å². The molecule has 4 heteroatoms. The van der Waals surface area contributed by atoms with E-state index in [4.69, 9.17) is 0 Å². The smallest absolute Gasteiger partial charge is 0.225 e. The molecule has 3 rings (SSSR count). The number of hydrogen-bond acceptors (Lipinski definition) is 3. The van der Waals surface area contributed by atoms with Crippen molar-refractivity contribution in [1.82, 2.24) is 14.7 Å². The molecular formula is C23H37N3O. The zero-order valence-corrected chi connectivity index (χ0v) is 17.3. The Morgan fingerprint density at radius 2 is 1.70 bits per heavy atom. The predicted octanol–water partition coefficient (Wildman–Crippen LogP) is 3.27. The summed E-state index contributed by atoms with van der Waals surface area (Å²) in [7, 11) is 1.93. The lowest BCUT2D eigenvalue weighted by molar-refractivity contribution is -0.135. The normalized spacial score (nSPS) is 20.7. The maximum absolute atomic E-state index is 12.4. The minimum atomic E-state index is 0.254. The van der Waals surface area contributed by atoms with E-state index in [1.807, 2.05) is 11.9 Å². The van der Waals surface area contributed by atoms with Crippen molar-refractivity contribution in [2.45, 2.75) is 51.5 Å². The van der Waals surface area contributed by atoms with Crippen LogP contribution in [0.25, 0.3) is 0 Å². The van der Waals surface area contributed by atoms with Crippen molar-refractivity contribution in [3.63, 3.8) is 0 Å². The molecule has 0 aromatic heterocycles. The Morgan fingerprint density at radius 3 is 2.33 bits per heavy atom. The number of likely N-dealkylation sites (tertiary alicyclic amines) is 2. The van der Waals surface area contributed by atoms with E-state index in [2.05, 4.69) is 47.1 Å². The summed E-state index contributed by atoms with van der Waals surface area (Å²) in [6, 6.07) is 11.6.